The predicted molar refractivity (Wildman–Crippen MR) is 73.2 cm³/mol. The lowest BCUT2D eigenvalue weighted by atomic mass is 9.95. The van der Waals surface area contributed by atoms with Gasteiger partial charge in [0.05, 0.1) is 6.61 Å². The average Bonchev–Trinajstić information content (AvgIpc) is 2.35. The zero-order valence-electron chi connectivity index (χ0n) is 11.7. The lowest BCUT2D eigenvalue weighted by Gasteiger charge is -2.16. The Morgan fingerprint density at radius 1 is 1.00 bits per heavy atom. The van der Waals surface area contributed by atoms with E-state index in [1.54, 1.807) is 0 Å². The highest BCUT2D eigenvalue weighted by atomic mass is 16.5. The van der Waals surface area contributed by atoms with E-state index in [0.29, 0.717) is 11.8 Å². The number of hydrogen-bond acceptors (Lipinski definition) is 3. The Labute approximate surface area is 109 Å². The molecule has 0 aliphatic rings. The maximum Gasteiger partial charge on any atom is 0.120 e. The van der Waals surface area contributed by atoms with Crippen LogP contribution in [0, 0.1) is 0 Å². The Kier molecular flexibility index (Phi) is 5.63. The number of aliphatic hydroxyl groups is 2. The van der Waals surface area contributed by atoms with Crippen molar-refractivity contribution in [2.75, 3.05) is 13.2 Å². The molecule has 102 valence electrons. The van der Waals surface area contributed by atoms with Gasteiger partial charge in [-0.15, -0.1) is 0 Å². The molecule has 1 atom stereocenters. The Bertz CT molecular complexity index is 346. The average molecular weight is 252 g/mol. The second-order valence-electron chi connectivity index (χ2n) is 5.29. The lowest BCUT2D eigenvalue weighted by molar-refractivity contribution is 0.0535. The van der Waals surface area contributed by atoms with Crippen molar-refractivity contribution in [3.8, 4) is 5.75 Å². The van der Waals surface area contributed by atoms with Crippen molar-refractivity contribution in [2.24, 2.45) is 0 Å². The van der Waals surface area contributed by atoms with Crippen LogP contribution in [-0.4, -0.2) is 29.5 Å². The molecule has 2 N–H and O–H groups in total. The van der Waals surface area contributed by atoms with Gasteiger partial charge in [-0.05, 0) is 35.1 Å². The standard InChI is InChI=1S/C15H24O3/c1-10(2)12-5-13(11(3)4)7-15(6-12)18-9-14(17)8-16/h5-7,10-11,14,16-17H,8-9H2,1-4H3/t14-/m1/s1. The molecule has 1 aromatic rings. The summed E-state index contributed by atoms with van der Waals surface area (Å²) < 4.78 is 5.53. The highest BCUT2D eigenvalue weighted by molar-refractivity contribution is 5.37. The van der Waals surface area contributed by atoms with Crippen molar-refractivity contribution in [1.82, 2.24) is 0 Å². The number of rotatable bonds is 6. The predicted octanol–water partition coefficient (Wildman–Crippen LogP) is 2.67. The van der Waals surface area contributed by atoms with E-state index in [9.17, 15) is 5.11 Å². The molecule has 1 rings (SSSR count). The summed E-state index contributed by atoms with van der Waals surface area (Å²) in [5.74, 6) is 1.64. The Morgan fingerprint density at radius 3 is 1.89 bits per heavy atom. The molecule has 0 aromatic heterocycles. The Morgan fingerprint density at radius 2 is 1.50 bits per heavy atom. The van der Waals surface area contributed by atoms with Crippen molar-refractivity contribution < 1.29 is 14.9 Å². The number of benzene rings is 1. The number of aliphatic hydroxyl groups excluding tert-OH is 2. The van der Waals surface area contributed by atoms with Crippen LogP contribution in [0.3, 0.4) is 0 Å². The summed E-state index contributed by atoms with van der Waals surface area (Å²) in [5.41, 5.74) is 2.46. The zero-order valence-corrected chi connectivity index (χ0v) is 11.7. The molecule has 0 unspecified atom stereocenters. The Hall–Kier alpha value is -1.06. The summed E-state index contributed by atoms with van der Waals surface area (Å²) in [6.45, 7) is 8.42. The van der Waals surface area contributed by atoms with Crippen LogP contribution in [-0.2, 0) is 0 Å². The van der Waals surface area contributed by atoms with Crippen molar-refractivity contribution in [3.63, 3.8) is 0 Å². The van der Waals surface area contributed by atoms with Crippen LogP contribution in [0.5, 0.6) is 5.75 Å². The minimum atomic E-state index is -0.824. The molecule has 0 radical (unpaired) electrons. The second kappa shape index (κ2) is 6.76. The van der Waals surface area contributed by atoms with Gasteiger partial charge in [-0.25, -0.2) is 0 Å². The summed E-state index contributed by atoms with van der Waals surface area (Å²) in [6, 6.07) is 6.20. The van der Waals surface area contributed by atoms with Crippen LogP contribution in [0.25, 0.3) is 0 Å². The summed E-state index contributed by atoms with van der Waals surface area (Å²) in [6.07, 6.45) is -0.824. The molecule has 0 fully saturated rings. The van der Waals surface area contributed by atoms with E-state index in [2.05, 4.69) is 33.8 Å². The van der Waals surface area contributed by atoms with Gasteiger partial charge < -0.3 is 14.9 Å². The van der Waals surface area contributed by atoms with Gasteiger partial charge in [-0.2, -0.15) is 0 Å². The van der Waals surface area contributed by atoms with E-state index < -0.39 is 6.10 Å². The van der Waals surface area contributed by atoms with E-state index in [1.165, 1.54) is 11.1 Å². The van der Waals surface area contributed by atoms with Gasteiger partial charge in [0, 0.05) is 0 Å². The molecule has 0 bridgehead atoms. The molecular formula is C15H24O3. The van der Waals surface area contributed by atoms with Crippen LogP contribution >= 0.6 is 0 Å². The van der Waals surface area contributed by atoms with Gasteiger partial charge in [0.2, 0.25) is 0 Å². The molecule has 0 aliphatic carbocycles. The van der Waals surface area contributed by atoms with Gasteiger partial charge in [-0.3, -0.25) is 0 Å². The minimum absolute atomic E-state index is 0.121. The zero-order chi connectivity index (χ0) is 13.7. The maximum atomic E-state index is 9.30. The van der Waals surface area contributed by atoms with E-state index in [-0.39, 0.29) is 13.2 Å². The molecule has 1 aromatic carbocycles. The maximum absolute atomic E-state index is 9.30. The molecule has 3 heteroatoms. The van der Waals surface area contributed by atoms with Crippen LogP contribution < -0.4 is 4.74 Å². The fraction of sp³-hybridized carbons (Fsp3) is 0.600. The van der Waals surface area contributed by atoms with Crippen molar-refractivity contribution in [2.45, 2.75) is 45.6 Å². The summed E-state index contributed by atoms with van der Waals surface area (Å²) in [4.78, 5) is 0. The number of ether oxygens (including phenoxy) is 1. The van der Waals surface area contributed by atoms with Gasteiger partial charge >= 0.3 is 0 Å². The van der Waals surface area contributed by atoms with Gasteiger partial charge in [0.1, 0.15) is 18.5 Å². The number of hydrogen-bond donors (Lipinski definition) is 2. The summed E-state index contributed by atoms with van der Waals surface area (Å²) in [5, 5.41) is 18.1. The summed E-state index contributed by atoms with van der Waals surface area (Å²) >= 11 is 0. The van der Waals surface area contributed by atoms with Crippen molar-refractivity contribution >= 4 is 0 Å². The van der Waals surface area contributed by atoms with Crippen LogP contribution in [0.15, 0.2) is 18.2 Å². The molecule has 0 spiro atoms. The van der Waals surface area contributed by atoms with Crippen molar-refractivity contribution in [1.29, 1.82) is 0 Å². The third-order valence-electron chi connectivity index (χ3n) is 2.94. The van der Waals surface area contributed by atoms with E-state index in [1.807, 2.05) is 12.1 Å². The molecule has 0 amide bonds. The second-order valence-corrected chi connectivity index (χ2v) is 5.29. The smallest absolute Gasteiger partial charge is 0.120 e. The van der Waals surface area contributed by atoms with Crippen LogP contribution in [0.4, 0.5) is 0 Å². The van der Waals surface area contributed by atoms with E-state index >= 15 is 0 Å². The topological polar surface area (TPSA) is 49.7 Å². The molecule has 0 heterocycles. The first-order valence-electron chi connectivity index (χ1n) is 6.50. The van der Waals surface area contributed by atoms with Crippen LogP contribution in [0.2, 0.25) is 0 Å². The van der Waals surface area contributed by atoms with Gasteiger partial charge in [0.15, 0.2) is 0 Å². The normalized spacial score (nSPS) is 13.1. The first-order valence-corrected chi connectivity index (χ1v) is 6.50. The van der Waals surface area contributed by atoms with Crippen LogP contribution in [0.1, 0.15) is 50.7 Å². The molecular weight excluding hydrogens is 228 g/mol. The highest BCUT2D eigenvalue weighted by Crippen LogP contribution is 2.27. The fourth-order valence-corrected chi connectivity index (χ4v) is 1.64. The molecule has 0 saturated heterocycles. The quantitative estimate of drug-likeness (QED) is 0.818. The SMILES string of the molecule is CC(C)c1cc(OC[C@H](O)CO)cc(C(C)C)c1. The molecule has 0 aliphatic heterocycles. The van der Waals surface area contributed by atoms with Crippen molar-refractivity contribution in [3.05, 3.63) is 29.3 Å². The van der Waals surface area contributed by atoms with E-state index in [0.717, 1.165) is 5.75 Å². The molecule has 3 nitrogen and oxygen atoms in total. The monoisotopic (exact) mass is 252 g/mol. The third-order valence-corrected chi connectivity index (χ3v) is 2.94. The fourth-order valence-electron chi connectivity index (χ4n) is 1.64. The highest BCUT2D eigenvalue weighted by Gasteiger charge is 2.09. The van der Waals surface area contributed by atoms with Gasteiger partial charge in [-0.1, -0.05) is 33.8 Å². The van der Waals surface area contributed by atoms with Gasteiger partial charge in [0.25, 0.3) is 0 Å². The minimum Gasteiger partial charge on any atom is -0.491 e. The largest absolute Gasteiger partial charge is 0.491 e. The first kappa shape index (κ1) is 15.0. The molecule has 0 saturated carbocycles. The lowest BCUT2D eigenvalue weighted by Crippen LogP contribution is -2.21. The Balaban J connectivity index is 2.89. The first-order chi connectivity index (χ1) is 8.43. The molecule has 18 heavy (non-hydrogen) atoms. The van der Waals surface area contributed by atoms with E-state index in [4.69, 9.17) is 9.84 Å². The third kappa shape index (κ3) is 4.31. The summed E-state index contributed by atoms with van der Waals surface area (Å²) in [7, 11) is 0.